The topological polar surface area (TPSA) is 102 Å². The van der Waals surface area contributed by atoms with Crippen molar-refractivity contribution in [1.82, 2.24) is 0 Å². The van der Waals surface area contributed by atoms with Crippen LogP contribution in [0.2, 0.25) is 0 Å². The fourth-order valence-corrected chi connectivity index (χ4v) is 0. The molecule has 0 amide bonds. The second kappa shape index (κ2) is 57.2. The number of hydrogen-bond acceptors (Lipinski definition) is 6. The number of halogens is 3. The molecule has 0 aromatic heterocycles. The summed E-state index contributed by atoms with van der Waals surface area (Å²) in [5, 5.41) is 0. The van der Waals surface area contributed by atoms with E-state index < -0.39 is 64.8 Å². The van der Waals surface area contributed by atoms with Crippen molar-refractivity contribution in [3.8, 4) is 0 Å². The van der Waals surface area contributed by atoms with Crippen molar-refractivity contribution in [1.29, 1.82) is 0 Å². The van der Waals surface area contributed by atoms with Crippen LogP contribution in [-0.2, 0) is 81.9 Å². The van der Waals surface area contributed by atoms with E-state index in [9.17, 15) is 25.3 Å². The van der Waals surface area contributed by atoms with Crippen molar-refractivity contribution in [2.75, 3.05) is 75.1 Å². The SMILES string of the molecule is CS(C)=O.CS(C)=O.CS(C)=O.CS(C)=O.CS(C)=O.CS(C)=O.[Br-].[Br-].[Br-].[Fe+3]. The molecule has 1 radical (unpaired) electrons. The van der Waals surface area contributed by atoms with Gasteiger partial charge in [0.1, 0.15) is 0 Å². The van der Waals surface area contributed by atoms with Crippen LogP contribution >= 0.6 is 0 Å². The van der Waals surface area contributed by atoms with Gasteiger partial charge in [0.25, 0.3) is 0 Å². The van der Waals surface area contributed by atoms with Gasteiger partial charge in [-0.15, -0.1) is 0 Å². The Balaban J connectivity index is -0.0000000169. The Labute approximate surface area is 230 Å². The van der Waals surface area contributed by atoms with E-state index in [1.807, 2.05) is 0 Å². The van der Waals surface area contributed by atoms with Gasteiger partial charge in [-0.05, 0) is 0 Å². The first kappa shape index (κ1) is 63.2. The van der Waals surface area contributed by atoms with Crippen molar-refractivity contribution >= 4 is 64.8 Å². The molecule has 0 unspecified atom stereocenters. The molecule has 0 heterocycles. The molecule has 0 rings (SSSR count). The standard InChI is InChI=1S/6C2H6OS.3BrH.Fe/c6*1-4(2)3;;;;/h6*1-2H3;3*1H;/q;;;;;;;;;+3/p-3. The van der Waals surface area contributed by atoms with Crippen LogP contribution in [0, 0.1) is 0 Å². The molecule has 0 saturated carbocycles. The van der Waals surface area contributed by atoms with Crippen LogP contribution in [0.15, 0.2) is 0 Å². The second-order valence-corrected chi connectivity index (χ2v) is 13.3. The van der Waals surface area contributed by atoms with Crippen molar-refractivity contribution in [2.45, 2.75) is 0 Å². The molecule has 0 spiro atoms. The van der Waals surface area contributed by atoms with E-state index in [1.165, 1.54) is 0 Å². The third kappa shape index (κ3) is 2740. The Morgan fingerprint density at radius 1 is 0.286 bits per heavy atom. The molecule has 0 atom stereocenters. The van der Waals surface area contributed by atoms with Crippen LogP contribution in [0.1, 0.15) is 0 Å². The molecule has 0 aliphatic rings. The van der Waals surface area contributed by atoms with Gasteiger partial charge in [-0.2, -0.15) is 0 Å². The Kier molecular flexibility index (Phi) is 129. The summed E-state index contributed by atoms with van der Waals surface area (Å²) in [7, 11) is -3.67. The average molecular weight is 764 g/mol. The Morgan fingerprint density at radius 2 is 0.286 bits per heavy atom. The molecule has 185 valence electrons. The molecule has 0 fully saturated rings. The second-order valence-electron chi connectivity index (χ2n) is 4.45. The summed E-state index contributed by atoms with van der Waals surface area (Å²) < 4.78 is 57.3. The minimum Gasteiger partial charge on any atom is -1.00 e. The predicted octanol–water partition coefficient (Wildman–Crippen LogP) is -9.02. The van der Waals surface area contributed by atoms with Gasteiger partial charge in [0.2, 0.25) is 0 Å². The Hall–Kier alpha value is 2.86. The molecular formula is C12H36Br3FeO6S6. The fourth-order valence-electron chi connectivity index (χ4n) is 0. The van der Waals surface area contributed by atoms with Gasteiger partial charge in [0.05, 0.1) is 0 Å². The Bertz CT molecular complexity index is 287. The largest absolute Gasteiger partial charge is 3.00 e. The van der Waals surface area contributed by atoms with Gasteiger partial charge < -0.3 is 50.9 Å². The van der Waals surface area contributed by atoms with E-state index in [0.29, 0.717) is 0 Å². The summed E-state index contributed by atoms with van der Waals surface area (Å²) in [4.78, 5) is 0. The molecule has 28 heavy (non-hydrogen) atoms. The maximum absolute atomic E-state index is 9.56. The molecule has 0 aliphatic carbocycles. The maximum atomic E-state index is 9.56. The van der Waals surface area contributed by atoms with Gasteiger partial charge in [-0.25, -0.2) is 0 Å². The van der Waals surface area contributed by atoms with Crippen molar-refractivity contribution in [2.24, 2.45) is 0 Å². The van der Waals surface area contributed by atoms with Gasteiger partial charge in [0.15, 0.2) is 0 Å². The predicted molar refractivity (Wildman–Crippen MR) is 120 cm³/mol. The van der Waals surface area contributed by atoms with Crippen LogP contribution in [0.25, 0.3) is 0 Å². The minimum absolute atomic E-state index is 0. The summed E-state index contributed by atoms with van der Waals surface area (Å²) in [6.45, 7) is 0. The van der Waals surface area contributed by atoms with Crippen LogP contribution in [0.5, 0.6) is 0 Å². The molecule has 0 aromatic carbocycles. The third-order valence-corrected chi connectivity index (χ3v) is 0. The van der Waals surface area contributed by atoms with E-state index in [0.717, 1.165) is 0 Å². The van der Waals surface area contributed by atoms with Crippen molar-refractivity contribution in [3.63, 3.8) is 0 Å². The van der Waals surface area contributed by atoms with Gasteiger partial charge in [-0.3, -0.25) is 25.3 Å². The van der Waals surface area contributed by atoms with E-state index in [1.54, 1.807) is 75.1 Å². The van der Waals surface area contributed by atoms with Gasteiger partial charge >= 0.3 is 17.1 Å². The van der Waals surface area contributed by atoms with E-state index in [-0.39, 0.29) is 68.0 Å². The number of hydrogen-bond donors (Lipinski definition) is 0. The van der Waals surface area contributed by atoms with Gasteiger partial charge in [0, 0.05) is 140 Å². The summed E-state index contributed by atoms with van der Waals surface area (Å²) in [5.41, 5.74) is 0. The van der Waals surface area contributed by atoms with Crippen LogP contribution in [-0.4, -0.2) is 100 Å². The zero-order valence-electron chi connectivity index (χ0n) is 18.4. The van der Waals surface area contributed by atoms with Crippen LogP contribution in [0.3, 0.4) is 0 Å². The molecule has 6 nitrogen and oxygen atoms in total. The third-order valence-electron chi connectivity index (χ3n) is 0. The molecule has 0 N–H and O–H groups in total. The monoisotopic (exact) mass is 761 g/mol. The normalized spacial score (nSPS) is 7.50. The average Bonchev–Trinajstić information content (AvgIpc) is 2.08. The number of rotatable bonds is 0. The summed E-state index contributed by atoms with van der Waals surface area (Å²) in [6, 6.07) is 0. The van der Waals surface area contributed by atoms with E-state index in [2.05, 4.69) is 0 Å². The molecule has 0 aliphatic heterocycles. The van der Waals surface area contributed by atoms with E-state index >= 15 is 0 Å². The van der Waals surface area contributed by atoms with Crippen LogP contribution < -0.4 is 50.9 Å². The first-order chi connectivity index (χ1) is 10.4. The first-order valence-electron chi connectivity index (χ1n) is 5.90. The zero-order valence-corrected chi connectivity index (χ0v) is 29.1. The molecule has 0 bridgehead atoms. The quantitative estimate of drug-likeness (QED) is 0.228. The Morgan fingerprint density at radius 3 is 0.286 bits per heavy atom. The minimum atomic E-state index is -0.611. The molecular weight excluding hydrogens is 728 g/mol. The molecule has 0 saturated heterocycles. The first-order valence-corrected chi connectivity index (χ1v) is 17.7. The van der Waals surface area contributed by atoms with Crippen molar-refractivity contribution < 1.29 is 93.3 Å². The molecule has 16 heteroatoms. The van der Waals surface area contributed by atoms with E-state index in [4.69, 9.17) is 0 Å². The smallest absolute Gasteiger partial charge is 1.00 e. The fraction of sp³-hybridized carbons (Fsp3) is 1.00. The summed E-state index contributed by atoms with van der Waals surface area (Å²) in [5.74, 6) is 0. The van der Waals surface area contributed by atoms with Gasteiger partial charge in [-0.1, -0.05) is 0 Å². The molecule has 0 aromatic rings. The maximum Gasteiger partial charge on any atom is 3.00 e. The summed E-state index contributed by atoms with van der Waals surface area (Å²) >= 11 is 0. The van der Waals surface area contributed by atoms with Crippen molar-refractivity contribution in [3.05, 3.63) is 0 Å². The zero-order chi connectivity index (χ0) is 21.5. The van der Waals surface area contributed by atoms with Crippen LogP contribution in [0.4, 0.5) is 0 Å². The summed E-state index contributed by atoms with van der Waals surface area (Å²) in [6.07, 6.45) is 19.7.